The van der Waals surface area contributed by atoms with E-state index in [4.69, 9.17) is 9.84 Å². The Morgan fingerprint density at radius 3 is 2.64 bits per heavy atom. The van der Waals surface area contributed by atoms with Gasteiger partial charge in [-0.25, -0.2) is 0 Å². The van der Waals surface area contributed by atoms with Crippen molar-refractivity contribution in [3.05, 3.63) is 0 Å². The van der Waals surface area contributed by atoms with Crippen molar-refractivity contribution < 1.29 is 14.6 Å². The van der Waals surface area contributed by atoms with Gasteiger partial charge in [-0.3, -0.25) is 4.79 Å². The second kappa shape index (κ2) is 7.76. The van der Waals surface area contributed by atoms with Crippen molar-refractivity contribution in [2.75, 3.05) is 20.3 Å². The van der Waals surface area contributed by atoms with Crippen LogP contribution < -0.4 is 5.32 Å². The highest BCUT2D eigenvalue weighted by Gasteiger charge is 2.22. The van der Waals surface area contributed by atoms with E-state index >= 15 is 0 Å². The molecule has 2 N–H and O–H groups in total. The lowest BCUT2D eigenvalue weighted by Crippen LogP contribution is -2.43. The third-order valence-corrected chi connectivity index (χ3v) is 2.25. The van der Waals surface area contributed by atoms with E-state index in [0.29, 0.717) is 13.2 Å². The molecule has 4 heteroatoms. The van der Waals surface area contributed by atoms with E-state index in [1.165, 1.54) is 0 Å². The van der Waals surface area contributed by atoms with Gasteiger partial charge in [-0.2, -0.15) is 0 Å². The van der Waals surface area contributed by atoms with Gasteiger partial charge in [0.15, 0.2) is 0 Å². The Morgan fingerprint density at radius 2 is 2.21 bits per heavy atom. The van der Waals surface area contributed by atoms with Crippen LogP contribution in [-0.4, -0.2) is 37.4 Å². The standard InChI is InChI=1S/C10H21NO3/c1-4-5-8(2)9(10(12)13)11-6-7-14-3/h8-9,11H,4-7H2,1-3H3,(H,12,13). The number of carbonyl (C=O) groups is 1. The molecular formula is C10H21NO3. The summed E-state index contributed by atoms with van der Waals surface area (Å²) in [5.41, 5.74) is 0. The Balaban J connectivity index is 3.94. The highest BCUT2D eigenvalue weighted by atomic mass is 16.5. The number of hydrogen-bond donors (Lipinski definition) is 2. The lowest BCUT2D eigenvalue weighted by atomic mass is 9.97. The van der Waals surface area contributed by atoms with Gasteiger partial charge in [-0.15, -0.1) is 0 Å². The van der Waals surface area contributed by atoms with Crippen LogP contribution in [0.15, 0.2) is 0 Å². The van der Waals surface area contributed by atoms with Crippen LogP contribution in [0.4, 0.5) is 0 Å². The van der Waals surface area contributed by atoms with Crippen molar-refractivity contribution in [1.82, 2.24) is 5.32 Å². The minimum atomic E-state index is -0.776. The first-order valence-electron chi connectivity index (χ1n) is 5.08. The summed E-state index contributed by atoms with van der Waals surface area (Å²) in [6, 6.07) is -0.454. The van der Waals surface area contributed by atoms with Crippen LogP contribution in [0, 0.1) is 5.92 Å². The zero-order chi connectivity index (χ0) is 11.0. The highest BCUT2D eigenvalue weighted by Crippen LogP contribution is 2.10. The zero-order valence-electron chi connectivity index (χ0n) is 9.25. The number of methoxy groups -OCH3 is 1. The molecule has 84 valence electrons. The molecule has 0 rings (SSSR count). The van der Waals surface area contributed by atoms with E-state index < -0.39 is 12.0 Å². The number of carboxylic acid groups (broad SMARTS) is 1. The van der Waals surface area contributed by atoms with Gasteiger partial charge >= 0.3 is 5.97 Å². The molecule has 0 heterocycles. The molecule has 0 aliphatic rings. The van der Waals surface area contributed by atoms with Crippen molar-refractivity contribution in [2.45, 2.75) is 32.7 Å². The molecule has 0 aromatic carbocycles. The van der Waals surface area contributed by atoms with Gasteiger partial charge in [0, 0.05) is 13.7 Å². The number of nitrogens with one attached hydrogen (secondary N) is 1. The Labute approximate surface area is 85.6 Å². The molecule has 0 aromatic rings. The Hall–Kier alpha value is -0.610. The van der Waals surface area contributed by atoms with Crippen LogP contribution in [0.2, 0.25) is 0 Å². The molecule has 0 amide bonds. The Kier molecular flexibility index (Phi) is 7.42. The first-order valence-corrected chi connectivity index (χ1v) is 5.08. The summed E-state index contributed by atoms with van der Waals surface area (Å²) in [5.74, 6) is -0.614. The normalized spacial score (nSPS) is 15.1. The molecule has 0 fully saturated rings. The fourth-order valence-electron chi connectivity index (χ4n) is 1.47. The Morgan fingerprint density at radius 1 is 1.57 bits per heavy atom. The number of aliphatic carboxylic acids is 1. The van der Waals surface area contributed by atoms with Gasteiger partial charge in [0.05, 0.1) is 6.61 Å². The maximum absolute atomic E-state index is 10.9. The fraction of sp³-hybridized carbons (Fsp3) is 0.900. The number of rotatable bonds is 8. The third-order valence-electron chi connectivity index (χ3n) is 2.25. The summed E-state index contributed by atoms with van der Waals surface area (Å²) in [5, 5.41) is 11.9. The molecule has 0 saturated heterocycles. The molecule has 2 unspecified atom stereocenters. The van der Waals surface area contributed by atoms with Crippen LogP contribution in [0.1, 0.15) is 26.7 Å². The molecule has 0 aliphatic heterocycles. The van der Waals surface area contributed by atoms with Gasteiger partial charge in [-0.1, -0.05) is 20.3 Å². The van der Waals surface area contributed by atoms with Gasteiger partial charge in [0.2, 0.25) is 0 Å². The third kappa shape index (κ3) is 5.19. The molecule has 0 bridgehead atoms. The molecule has 0 aliphatic carbocycles. The molecule has 14 heavy (non-hydrogen) atoms. The van der Waals surface area contributed by atoms with Crippen LogP contribution in [0.25, 0.3) is 0 Å². The molecular weight excluding hydrogens is 182 g/mol. The summed E-state index contributed by atoms with van der Waals surface area (Å²) in [7, 11) is 1.60. The van der Waals surface area contributed by atoms with E-state index in [2.05, 4.69) is 12.2 Å². The lowest BCUT2D eigenvalue weighted by Gasteiger charge is -2.20. The van der Waals surface area contributed by atoms with Crippen LogP contribution in [0.5, 0.6) is 0 Å². The maximum Gasteiger partial charge on any atom is 0.320 e. The van der Waals surface area contributed by atoms with Crippen LogP contribution in [0.3, 0.4) is 0 Å². The number of hydrogen-bond acceptors (Lipinski definition) is 3. The van der Waals surface area contributed by atoms with Crippen molar-refractivity contribution in [3.8, 4) is 0 Å². The van der Waals surface area contributed by atoms with Crippen molar-refractivity contribution in [2.24, 2.45) is 5.92 Å². The zero-order valence-corrected chi connectivity index (χ0v) is 9.25. The van der Waals surface area contributed by atoms with E-state index in [0.717, 1.165) is 12.8 Å². The quantitative estimate of drug-likeness (QED) is 0.580. The fourth-order valence-corrected chi connectivity index (χ4v) is 1.47. The second-order valence-corrected chi connectivity index (χ2v) is 3.53. The summed E-state index contributed by atoms with van der Waals surface area (Å²) in [6.45, 7) is 5.15. The first-order chi connectivity index (χ1) is 6.63. The SMILES string of the molecule is CCCC(C)C(NCCOC)C(=O)O. The van der Waals surface area contributed by atoms with E-state index in [1.807, 2.05) is 6.92 Å². The summed E-state index contributed by atoms with van der Waals surface area (Å²) < 4.78 is 4.86. The maximum atomic E-state index is 10.9. The average molecular weight is 203 g/mol. The molecule has 0 spiro atoms. The van der Waals surface area contributed by atoms with E-state index in [9.17, 15) is 4.79 Å². The predicted molar refractivity (Wildman–Crippen MR) is 55.4 cm³/mol. The van der Waals surface area contributed by atoms with E-state index in [1.54, 1.807) is 7.11 Å². The minimum Gasteiger partial charge on any atom is -0.480 e. The second-order valence-electron chi connectivity index (χ2n) is 3.53. The van der Waals surface area contributed by atoms with Crippen LogP contribution in [-0.2, 0) is 9.53 Å². The smallest absolute Gasteiger partial charge is 0.320 e. The Bertz CT molecular complexity index is 161. The monoisotopic (exact) mass is 203 g/mol. The van der Waals surface area contributed by atoms with Gasteiger partial charge in [0.1, 0.15) is 6.04 Å². The lowest BCUT2D eigenvalue weighted by molar-refractivity contribution is -0.140. The number of carboxylic acids is 1. The topological polar surface area (TPSA) is 58.6 Å². The minimum absolute atomic E-state index is 0.161. The van der Waals surface area contributed by atoms with Gasteiger partial charge in [0.25, 0.3) is 0 Å². The molecule has 0 saturated carbocycles. The van der Waals surface area contributed by atoms with Crippen LogP contribution >= 0.6 is 0 Å². The molecule has 0 aromatic heterocycles. The molecule has 4 nitrogen and oxygen atoms in total. The van der Waals surface area contributed by atoms with Gasteiger partial charge < -0.3 is 15.2 Å². The summed E-state index contributed by atoms with van der Waals surface area (Å²) in [4.78, 5) is 10.9. The highest BCUT2D eigenvalue weighted by molar-refractivity contribution is 5.73. The molecule has 0 radical (unpaired) electrons. The predicted octanol–water partition coefficient (Wildman–Crippen LogP) is 1.11. The first kappa shape index (κ1) is 13.4. The van der Waals surface area contributed by atoms with Gasteiger partial charge in [-0.05, 0) is 12.3 Å². The average Bonchev–Trinajstić information content (AvgIpc) is 2.12. The number of ether oxygens (including phenoxy) is 1. The summed E-state index contributed by atoms with van der Waals surface area (Å²) >= 11 is 0. The van der Waals surface area contributed by atoms with Crippen molar-refractivity contribution in [1.29, 1.82) is 0 Å². The summed E-state index contributed by atoms with van der Waals surface area (Å²) in [6.07, 6.45) is 1.94. The van der Waals surface area contributed by atoms with Crippen molar-refractivity contribution >= 4 is 5.97 Å². The van der Waals surface area contributed by atoms with Crippen molar-refractivity contribution in [3.63, 3.8) is 0 Å². The molecule has 2 atom stereocenters. The largest absolute Gasteiger partial charge is 0.480 e. The van der Waals surface area contributed by atoms with E-state index in [-0.39, 0.29) is 5.92 Å².